The monoisotopic (exact) mass is 669 g/mol. The minimum Gasteiger partial charge on any atom is -0.464 e. The topological polar surface area (TPSA) is 199 Å². The van der Waals surface area contributed by atoms with Crippen molar-refractivity contribution in [1.29, 1.82) is 5.41 Å². The first-order valence-electron chi connectivity index (χ1n) is 15.1. The number of benzene rings is 2. The van der Waals surface area contributed by atoms with Crippen LogP contribution < -0.4 is 27.8 Å². The van der Waals surface area contributed by atoms with Gasteiger partial charge >= 0.3 is 5.97 Å². The molecule has 2 aromatic carbocycles. The molecule has 1 aliphatic carbocycles. The highest BCUT2D eigenvalue weighted by Gasteiger charge is 2.35. The van der Waals surface area contributed by atoms with Gasteiger partial charge in [0.25, 0.3) is 0 Å². The number of amidine groups is 1. The van der Waals surface area contributed by atoms with Crippen LogP contribution in [0.1, 0.15) is 74.5 Å². The summed E-state index contributed by atoms with van der Waals surface area (Å²) in [6, 6.07) is 13.0. The molecule has 3 rings (SSSR count). The molecule has 3 atom stereocenters. The minimum atomic E-state index is -0.902. The number of rotatable bonds is 15. The van der Waals surface area contributed by atoms with Crippen molar-refractivity contribution in [2.45, 2.75) is 76.3 Å². The Kier molecular flexibility index (Phi) is 13.7. The maximum Gasteiger partial charge on any atom is 0.328 e. The smallest absolute Gasteiger partial charge is 0.328 e. The van der Waals surface area contributed by atoms with Gasteiger partial charge in [0.2, 0.25) is 11.8 Å². The number of carbonyl (C=O) groups is 3. The van der Waals surface area contributed by atoms with Crippen molar-refractivity contribution in [3.05, 3.63) is 69.7 Å². The van der Waals surface area contributed by atoms with E-state index in [1.54, 1.807) is 19.1 Å². The van der Waals surface area contributed by atoms with Crippen LogP contribution in [-0.4, -0.2) is 54.8 Å². The maximum absolute atomic E-state index is 14.1. The third kappa shape index (κ3) is 10.7. The Morgan fingerprint density at radius 3 is 2.34 bits per heavy atom. The molecule has 0 aromatic heterocycles. The molecular weight excluding hydrogens is 626 g/mol. The van der Waals surface area contributed by atoms with Crippen LogP contribution >= 0.6 is 15.9 Å². The molecule has 0 aliphatic heterocycles. The normalized spacial score (nSPS) is 15.3. The van der Waals surface area contributed by atoms with E-state index in [-0.39, 0.29) is 36.6 Å². The molecule has 0 bridgehead atoms. The first-order valence-corrected chi connectivity index (χ1v) is 15.9. The van der Waals surface area contributed by atoms with Gasteiger partial charge in [-0.3, -0.25) is 20.0 Å². The number of nitrogens with zero attached hydrogens (tertiary/aromatic N) is 1. The lowest BCUT2D eigenvalue weighted by atomic mass is 9.82. The Morgan fingerprint density at radius 2 is 1.73 bits per heavy atom. The molecule has 238 valence electrons. The number of nitrogens with one attached hydrogen (secondary N) is 3. The lowest BCUT2D eigenvalue weighted by Crippen LogP contribution is -2.55. The summed E-state index contributed by atoms with van der Waals surface area (Å²) in [5.74, 6) is -1.99. The number of carbonyl (C=O) groups excluding carboxylic acids is 3. The molecular formula is C32H44BrN7O4. The third-order valence-corrected chi connectivity index (χ3v) is 8.30. The van der Waals surface area contributed by atoms with Crippen molar-refractivity contribution in [1.82, 2.24) is 10.6 Å². The van der Waals surface area contributed by atoms with E-state index < -0.39 is 29.9 Å². The zero-order valence-electron chi connectivity index (χ0n) is 25.2. The van der Waals surface area contributed by atoms with Crippen LogP contribution in [0.4, 0.5) is 0 Å². The van der Waals surface area contributed by atoms with E-state index in [9.17, 15) is 14.4 Å². The lowest BCUT2D eigenvalue weighted by molar-refractivity contribution is -0.148. The van der Waals surface area contributed by atoms with Crippen LogP contribution in [0.5, 0.6) is 0 Å². The van der Waals surface area contributed by atoms with Crippen molar-refractivity contribution in [3.63, 3.8) is 0 Å². The van der Waals surface area contributed by atoms with Gasteiger partial charge in [-0.1, -0.05) is 71.6 Å². The SMILES string of the molecule is CCOC(=O)[C@H](CCCN=C(N)N)NC(=O)[C@@H](NC(=O)[C@@H](Cc1ccc(C(=N)N)cc1)c1cccc(Br)c1)C1CCCCC1. The lowest BCUT2D eigenvalue weighted by Gasteiger charge is -2.32. The fourth-order valence-corrected chi connectivity index (χ4v) is 5.93. The summed E-state index contributed by atoms with van der Waals surface area (Å²) in [5.41, 5.74) is 18.7. The van der Waals surface area contributed by atoms with Crippen LogP contribution in [0.2, 0.25) is 0 Å². The summed E-state index contributed by atoms with van der Waals surface area (Å²) >= 11 is 3.52. The highest BCUT2D eigenvalue weighted by molar-refractivity contribution is 9.10. The highest BCUT2D eigenvalue weighted by Crippen LogP contribution is 2.29. The minimum absolute atomic E-state index is 0.0310. The number of nitrogens with two attached hydrogens (primary N) is 3. The van der Waals surface area contributed by atoms with E-state index in [0.29, 0.717) is 24.9 Å². The van der Waals surface area contributed by atoms with Crippen molar-refractivity contribution in [2.75, 3.05) is 13.2 Å². The van der Waals surface area contributed by atoms with Gasteiger partial charge < -0.3 is 32.6 Å². The highest BCUT2D eigenvalue weighted by atomic mass is 79.9. The average Bonchev–Trinajstić information content (AvgIpc) is 3.00. The number of ether oxygens (including phenoxy) is 1. The number of aliphatic imine (C=N–C) groups is 1. The molecule has 44 heavy (non-hydrogen) atoms. The molecule has 12 heteroatoms. The van der Waals surface area contributed by atoms with Crippen LogP contribution in [-0.2, 0) is 25.5 Å². The molecule has 0 saturated heterocycles. The number of hydrogen-bond donors (Lipinski definition) is 6. The Balaban J connectivity index is 1.87. The number of amides is 2. The van der Waals surface area contributed by atoms with Crippen molar-refractivity contribution >= 4 is 45.5 Å². The average molecular weight is 671 g/mol. The second-order valence-electron chi connectivity index (χ2n) is 11.1. The van der Waals surface area contributed by atoms with E-state index in [1.165, 1.54) is 0 Å². The van der Waals surface area contributed by atoms with Gasteiger partial charge in [0.05, 0.1) is 12.5 Å². The first kappa shape index (κ1) is 34.6. The van der Waals surface area contributed by atoms with Crippen LogP contribution in [0.25, 0.3) is 0 Å². The van der Waals surface area contributed by atoms with Gasteiger partial charge in [-0.25, -0.2) is 4.79 Å². The standard InChI is InChI=1S/C32H44BrN7O4/c1-2-44-31(43)26(12-7-17-38-32(36)37)39-30(42)27(21-8-4-3-5-9-21)40-29(41)25(23-10-6-11-24(33)19-23)18-20-13-15-22(16-14-20)28(34)35/h6,10-11,13-16,19,21,25-27H,2-5,7-9,12,17-18H2,1H3,(H3,34,35)(H,39,42)(H,40,41)(H4,36,37,38)/t25-,26-,27-/m0/s1. The predicted molar refractivity (Wildman–Crippen MR) is 175 cm³/mol. The van der Waals surface area contributed by atoms with Crippen molar-refractivity contribution < 1.29 is 19.1 Å². The number of esters is 1. The van der Waals surface area contributed by atoms with Gasteiger partial charge in [-0.2, -0.15) is 0 Å². The van der Waals surface area contributed by atoms with E-state index in [4.69, 9.17) is 27.3 Å². The second-order valence-corrected chi connectivity index (χ2v) is 12.0. The Bertz CT molecular complexity index is 1310. The predicted octanol–water partition coefficient (Wildman–Crippen LogP) is 3.23. The fraction of sp³-hybridized carbons (Fsp3) is 0.469. The van der Waals surface area contributed by atoms with Crippen molar-refractivity contribution in [2.24, 2.45) is 28.1 Å². The number of nitrogen functional groups attached to an aromatic ring is 1. The van der Waals surface area contributed by atoms with Gasteiger partial charge in [-0.05, 0) is 68.2 Å². The molecule has 1 fully saturated rings. The largest absolute Gasteiger partial charge is 0.464 e. The van der Waals surface area contributed by atoms with Gasteiger partial charge in [0.15, 0.2) is 5.96 Å². The second kappa shape index (κ2) is 17.4. The maximum atomic E-state index is 14.1. The molecule has 9 N–H and O–H groups in total. The van der Waals surface area contributed by atoms with E-state index in [2.05, 4.69) is 31.6 Å². The van der Waals surface area contributed by atoms with Gasteiger partial charge in [0.1, 0.15) is 17.9 Å². The van der Waals surface area contributed by atoms with Crippen LogP contribution in [0.3, 0.4) is 0 Å². The summed E-state index contributed by atoms with van der Waals surface area (Å²) in [5, 5.41) is 13.6. The molecule has 1 saturated carbocycles. The summed E-state index contributed by atoms with van der Waals surface area (Å²) < 4.78 is 6.07. The number of guanidine groups is 1. The molecule has 2 amide bonds. The Labute approximate surface area is 267 Å². The quantitative estimate of drug-likeness (QED) is 0.0723. The zero-order valence-corrected chi connectivity index (χ0v) is 26.8. The summed E-state index contributed by atoms with van der Waals surface area (Å²) in [6.45, 7) is 2.18. The Hall–Kier alpha value is -3.93. The molecule has 0 radical (unpaired) electrons. The van der Waals surface area contributed by atoms with E-state index in [1.807, 2.05) is 36.4 Å². The van der Waals surface area contributed by atoms with Crippen LogP contribution in [0.15, 0.2) is 58.0 Å². The molecule has 11 nitrogen and oxygen atoms in total. The van der Waals surface area contributed by atoms with E-state index >= 15 is 0 Å². The Morgan fingerprint density at radius 1 is 1.02 bits per heavy atom. The fourth-order valence-electron chi connectivity index (χ4n) is 5.52. The molecule has 2 aromatic rings. The van der Waals surface area contributed by atoms with Gasteiger partial charge in [-0.15, -0.1) is 0 Å². The van der Waals surface area contributed by atoms with Crippen LogP contribution in [0, 0.1) is 11.3 Å². The molecule has 0 heterocycles. The zero-order chi connectivity index (χ0) is 32.1. The van der Waals surface area contributed by atoms with Gasteiger partial charge in [0, 0.05) is 16.6 Å². The van der Waals surface area contributed by atoms with Crippen molar-refractivity contribution in [3.8, 4) is 0 Å². The molecule has 0 unspecified atom stereocenters. The summed E-state index contributed by atoms with van der Waals surface area (Å²) in [4.78, 5) is 44.7. The first-order chi connectivity index (χ1) is 21.1. The molecule has 1 aliphatic rings. The number of hydrogen-bond acceptors (Lipinski definition) is 6. The summed E-state index contributed by atoms with van der Waals surface area (Å²) in [7, 11) is 0. The molecule has 0 spiro atoms. The third-order valence-electron chi connectivity index (χ3n) is 7.81. The number of halogens is 1. The summed E-state index contributed by atoms with van der Waals surface area (Å²) in [6.07, 6.45) is 5.69. The van der Waals surface area contributed by atoms with E-state index in [0.717, 1.165) is 47.7 Å².